The Morgan fingerprint density at radius 1 is 0.974 bits per heavy atom. The van der Waals surface area contributed by atoms with Gasteiger partial charge in [0.05, 0.1) is 13.2 Å². The normalized spacial score (nSPS) is 11.4. The van der Waals surface area contributed by atoms with Crippen molar-refractivity contribution in [3.8, 4) is 22.5 Å². The summed E-state index contributed by atoms with van der Waals surface area (Å²) in [5.41, 5.74) is 3.79. The van der Waals surface area contributed by atoms with Gasteiger partial charge in [-0.25, -0.2) is 9.78 Å². The number of tetrazole rings is 1. The summed E-state index contributed by atoms with van der Waals surface area (Å²) in [5.74, 6) is 1.33. The van der Waals surface area contributed by atoms with Crippen molar-refractivity contribution >= 4 is 11.2 Å². The summed E-state index contributed by atoms with van der Waals surface area (Å²) < 4.78 is 8.60. The maximum Gasteiger partial charge on any atom is 0.330 e. The summed E-state index contributed by atoms with van der Waals surface area (Å²) in [6.45, 7) is 3.25. The molecule has 0 radical (unpaired) electrons. The molecule has 0 fully saturated rings. The first-order valence-electron chi connectivity index (χ1n) is 12.7. The van der Waals surface area contributed by atoms with Crippen molar-refractivity contribution in [2.24, 2.45) is 0 Å². The molecule has 0 saturated heterocycles. The SMILES string of the molecule is CCCCCc1nc2c(c(=O)[nH]c(=O)n2CCOC)n1Cc1ccc(-c2ccccc2-c2nn[nH]n2)cc1. The van der Waals surface area contributed by atoms with Gasteiger partial charge >= 0.3 is 5.69 Å². The molecule has 0 aliphatic carbocycles. The lowest BCUT2D eigenvalue weighted by Gasteiger charge is -2.11. The predicted molar refractivity (Wildman–Crippen MR) is 144 cm³/mol. The molecule has 5 aromatic rings. The van der Waals surface area contributed by atoms with Gasteiger partial charge in [-0.05, 0) is 28.3 Å². The molecule has 0 aliphatic heterocycles. The molecule has 11 heteroatoms. The number of H-pyrrole nitrogens is 2. The van der Waals surface area contributed by atoms with E-state index in [1.54, 1.807) is 7.11 Å². The van der Waals surface area contributed by atoms with Gasteiger partial charge in [-0.1, -0.05) is 68.3 Å². The fourth-order valence-corrected chi connectivity index (χ4v) is 4.68. The van der Waals surface area contributed by atoms with Crippen LogP contribution in [-0.4, -0.2) is 53.4 Å². The van der Waals surface area contributed by atoms with Crippen LogP contribution in [0.3, 0.4) is 0 Å². The van der Waals surface area contributed by atoms with Crippen LogP contribution in [0.25, 0.3) is 33.7 Å². The van der Waals surface area contributed by atoms with Gasteiger partial charge in [0, 0.05) is 25.6 Å². The van der Waals surface area contributed by atoms with Crippen LogP contribution in [-0.2, 0) is 24.2 Å². The lowest BCUT2D eigenvalue weighted by molar-refractivity contribution is 0.187. The van der Waals surface area contributed by atoms with Crippen LogP contribution in [0, 0.1) is 0 Å². The number of aromatic amines is 2. The molecule has 0 saturated carbocycles. The molecule has 0 spiro atoms. The molecule has 3 aromatic heterocycles. The lowest BCUT2D eigenvalue weighted by atomic mass is 9.98. The number of nitrogens with one attached hydrogen (secondary N) is 2. The van der Waals surface area contributed by atoms with Crippen LogP contribution in [0.4, 0.5) is 0 Å². The van der Waals surface area contributed by atoms with Gasteiger partial charge in [0.1, 0.15) is 5.82 Å². The summed E-state index contributed by atoms with van der Waals surface area (Å²) in [6, 6.07) is 16.1. The number of ether oxygens (including phenoxy) is 1. The molecule has 11 nitrogen and oxygen atoms in total. The number of benzene rings is 2. The first kappa shape index (κ1) is 25.3. The summed E-state index contributed by atoms with van der Waals surface area (Å²) in [5, 5.41) is 14.4. The number of imidazole rings is 1. The highest BCUT2D eigenvalue weighted by molar-refractivity contribution is 5.80. The maximum atomic E-state index is 13.0. The third-order valence-corrected chi connectivity index (χ3v) is 6.61. The molecule has 2 N–H and O–H groups in total. The van der Waals surface area contributed by atoms with E-state index in [0.717, 1.165) is 53.8 Å². The van der Waals surface area contributed by atoms with Gasteiger partial charge < -0.3 is 9.30 Å². The number of hydrogen-bond acceptors (Lipinski definition) is 7. The predicted octanol–water partition coefficient (Wildman–Crippen LogP) is 3.16. The molecule has 2 aromatic carbocycles. The fraction of sp³-hybridized carbons (Fsp3) is 0.333. The zero-order chi connectivity index (χ0) is 26.5. The second kappa shape index (κ2) is 11.3. The quantitative estimate of drug-likeness (QED) is 0.258. The Morgan fingerprint density at radius 3 is 2.47 bits per heavy atom. The van der Waals surface area contributed by atoms with Gasteiger partial charge in [-0.2, -0.15) is 5.21 Å². The van der Waals surface area contributed by atoms with Gasteiger partial charge in [0.2, 0.25) is 5.82 Å². The van der Waals surface area contributed by atoms with Crippen molar-refractivity contribution in [1.82, 2.24) is 39.7 Å². The van der Waals surface area contributed by atoms with Crippen LogP contribution < -0.4 is 11.2 Å². The number of hydrogen-bond donors (Lipinski definition) is 2. The van der Waals surface area contributed by atoms with Crippen molar-refractivity contribution in [2.45, 2.75) is 45.7 Å². The number of aryl methyl sites for hydroxylation is 1. The van der Waals surface area contributed by atoms with Crippen LogP contribution in [0.5, 0.6) is 0 Å². The van der Waals surface area contributed by atoms with Gasteiger partial charge in [0.25, 0.3) is 5.56 Å². The summed E-state index contributed by atoms with van der Waals surface area (Å²) >= 11 is 0. The topological polar surface area (TPSA) is 136 Å². The highest BCUT2D eigenvalue weighted by Crippen LogP contribution is 2.30. The third-order valence-electron chi connectivity index (χ3n) is 6.61. The molecule has 0 amide bonds. The highest BCUT2D eigenvalue weighted by Gasteiger charge is 2.19. The molecule has 0 atom stereocenters. The Labute approximate surface area is 218 Å². The van der Waals surface area contributed by atoms with E-state index in [0.29, 0.717) is 36.7 Å². The van der Waals surface area contributed by atoms with Crippen molar-refractivity contribution in [3.05, 3.63) is 80.8 Å². The maximum absolute atomic E-state index is 13.0. The molecule has 196 valence electrons. The van der Waals surface area contributed by atoms with Crippen molar-refractivity contribution in [1.29, 1.82) is 0 Å². The van der Waals surface area contributed by atoms with E-state index in [1.165, 1.54) is 4.57 Å². The van der Waals surface area contributed by atoms with E-state index in [2.05, 4.69) is 32.5 Å². The first-order valence-corrected chi connectivity index (χ1v) is 12.7. The van der Waals surface area contributed by atoms with Gasteiger partial charge in [-0.15, -0.1) is 10.2 Å². The molecule has 0 aliphatic rings. The fourth-order valence-electron chi connectivity index (χ4n) is 4.68. The minimum atomic E-state index is -0.478. The van der Waals surface area contributed by atoms with E-state index < -0.39 is 11.2 Å². The average Bonchev–Trinajstić information content (AvgIpc) is 3.58. The van der Waals surface area contributed by atoms with Crippen molar-refractivity contribution < 1.29 is 4.74 Å². The Hall–Kier alpha value is -4.38. The van der Waals surface area contributed by atoms with Crippen molar-refractivity contribution in [3.63, 3.8) is 0 Å². The van der Waals surface area contributed by atoms with Crippen LogP contribution >= 0.6 is 0 Å². The van der Waals surface area contributed by atoms with Crippen LogP contribution in [0.1, 0.15) is 37.6 Å². The number of nitrogens with zero attached hydrogens (tertiary/aromatic N) is 6. The first-order chi connectivity index (χ1) is 18.6. The monoisotopic (exact) mass is 514 g/mol. The molecule has 3 heterocycles. The van der Waals surface area contributed by atoms with E-state index in [-0.39, 0.29) is 0 Å². The van der Waals surface area contributed by atoms with E-state index in [4.69, 9.17) is 9.72 Å². The molecular formula is C27H30N8O3. The average molecular weight is 515 g/mol. The molecule has 38 heavy (non-hydrogen) atoms. The summed E-state index contributed by atoms with van der Waals surface area (Å²) in [4.78, 5) is 32.8. The summed E-state index contributed by atoms with van der Waals surface area (Å²) in [6.07, 6.45) is 3.80. The third kappa shape index (κ3) is 5.05. The van der Waals surface area contributed by atoms with Crippen molar-refractivity contribution in [2.75, 3.05) is 13.7 Å². The largest absolute Gasteiger partial charge is 0.383 e. The van der Waals surface area contributed by atoms with E-state index in [9.17, 15) is 9.59 Å². The highest BCUT2D eigenvalue weighted by atomic mass is 16.5. The number of methoxy groups -OCH3 is 1. The van der Waals surface area contributed by atoms with E-state index in [1.807, 2.05) is 53.1 Å². The molecule has 0 bridgehead atoms. The Kier molecular flexibility index (Phi) is 7.55. The second-order valence-corrected chi connectivity index (χ2v) is 9.13. The second-order valence-electron chi connectivity index (χ2n) is 9.13. The van der Waals surface area contributed by atoms with Gasteiger partial charge in [-0.3, -0.25) is 14.3 Å². The number of aromatic nitrogens is 8. The van der Waals surface area contributed by atoms with Crippen LogP contribution in [0.2, 0.25) is 0 Å². The van der Waals surface area contributed by atoms with Gasteiger partial charge in [0.15, 0.2) is 11.2 Å². The zero-order valence-corrected chi connectivity index (χ0v) is 21.5. The Balaban J connectivity index is 1.53. The lowest BCUT2D eigenvalue weighted by Crippen LogP contribution is -2.32. The Bertz CT molecular complexity index is 1630. The molecular weight excluding hydrogens is 484 g/mol. The zero-order valence-electron chi connectivity index (χ0n) is 21.5. The molecule has 0 unspecified atom stereocenters. The Morgan fingerprint density at radius 2 is 1.76 bits per heavy atom. The van der Waals surface area contributed by atoms with Crippen LogP contribution in [0.15, 0.2) is 58.1 Å². The summed E-state index contributed by atoms with van der Waals surface area (Å²) in [7, 11) is 1.58. The minimum absolute atomic E-state index is 0.308. The molecule has 5 rings (SSSR count). The minimum Gasteiger partial charge on any atom is -0.383 e. The smallest absolute Gasteiger partial charge is 0.330 e. The van der Waals surface area contributed by atoms with E-state index >= 15 is 0 Å². The number of unbranched alkanes of at least 4 members (excludes halogenated alkanes) is 2. The standard InChI is InChI=1S/C27H30N8O3/c1-3-4-5-10-22-28-25-23(26(36)29-27(37)34(25)15-16-38-2)35(22)17-18-11-13-19(14-12-18)20-8-6-7-9-21(20)24-30-32-33-31-24/h6-9,11-14H,3-5,10,15-17H2,1-2H3,(H,29,36,37)(H,30,31,32,33). The number of rotatable bonds is 11. The number of fused-ring (bicyclic) bond motifs is 1.